The van der Waals surface area contributed by atoms with Gasteiger partial charge in [0.2, 0.25) is 5.76 Å². The highest BCUT2D eigenvalue weighted by molar-refractivity contribution is 7.99. The van der Waals surface area contributed by atoms with Crippen LogP contribution in [0.1, 0.15) is 48.2 Å². The number of nitrogens with one attached hydrogen (secondary N) is 1. The summed E-state index contributed by atoms with van der Waals surface area (Å²) in [5.74, 6) is -2.79. The number of esters is 1. The minimum Gasteiger partial charge on any atom is -0.450 e. The van der Waals surface area contributed by atoms with E-state index < -0.39 is 30.1 Å². The summed E-state index contributed by atoms with van der Waals surface area (Å²) < 4.78 is 37.2. The average molecular weight is 460 g/mol. The number of anilines is 1. The lowest BCUT2D eigenvalue weighted by atomic mass is 10.0. The zero-order valence-electron chi connectivity index (χ0n) is 17.4. The Kier molecular flexibility index (Phi) is 7.09. The second kappa shape index (κ2) is 10.2. The lowest BCUT2D eigenvalue weighted by molar-refractivity contribution is -0.119. The van der Waals surface area contributed by atoms with Crippen molar-refractivity contribution in [3.8, 4) is 0 Å². The van der Waals surface area contributed by atoms with Crippen LogP contribution in [0.5, 0.6) is 0 Å². The van der Waals surface area contributed by atoms with E-state index in [4.69, 9.17) is 9.15 Å². The van der Waals surface area contributed by atoms with Gasteiger partial charge < -0.3 is 14.5 Å². The van der Waals surface area contributed by atoms with Crippen molar-refractivity contribution in [2.75, 3.05) is 11.9 Å². The molecule has 1 heterocycles. The second-order valence-electron chi connectivity index (χ2n) is 7.73. The van der Waals surface area contributed by atoms with Crippen LogP contribution in [0.25, 0.3) is 11.0 Å². The van der Waals surface area contributed by atoms with Gasteiger partial charge in [0.15, 0.2) is 18.2 Å². The van der Waals surface area contributed by atoms with Gasteiger partial charge in [-0.05, 0) is 31.0 Å². The molecule has 0 spiro atoms. The van der Waals surface area contributed by atoms with Crippen molar-refractivity contribution in [2.45, 2.75) is 43.1 Å². The number of halogens is 2. The molecule has 4 rings (SSSR count). The van der Waals surface area contributed by atoms with Crippen LogP contribution in [-0.2, 0) is 15.3 Å². The molecule has 1 amide bonds. The van der Waals surface area contributed by atoms with Gasteiger partial charge in [0.05, 0.1) is 0 Å². The Morgan fingerprint density at radius 3 is 2.62 bits per heavy atom. The predicted octanol–water partition coefficient (Wildman–Crippen LogP) is 6.07. The van der Waals surface area contributed by atoms with Crippen molar-refractivity contribution >= 4 is 40.3 Å². The van der Waals surface area contributed by atoms with Crippen molar-refractivity contribution in [1.82, 2.24) is 0 Å². The summed E-state index contributed by atoms with van der Waals surface area (Å²) in [6.45, 7) is -0.579. The smallest absolute Gasteiger partial charge is 0.375 e. The van der Waals surface area contributed by atoms with Crippen LogP contribution in [0, 0.1) is 11.6 Å². The maximum atomic E-state index is 13.3. The van der Waals surface area contributed by atoms with Gasteiger partial charge in [-0.1, -0.05) is 37.5 Å². The Morgan fingerprint density at radius 2 is 1.84 bits per heavy atom. The minimum absolute atomic E-state index is 0.0678. The second-order valence-corrected chi connectivity index (χ2v) is 9.02. The fourth-order valence-corrected chi connectivity index (χ4v) is 5.16. The van der Waals surface area contributed by atoms with E-state index in [9.17, 15) is 18.4 Å². The number of hydrogen-bond acceptors (Lipinski definition) is 5. The van der Waals surface area contributed by atoms with Gasteiger partial charge in [-0.15, -0.1) is 0 Å². The summed E-state index contributed by atoms with van der Waals surface area (Å²) in [7, 11) is 0. The molecule has 0 unspecified atom stereocenters. The van der Waals surface area contributed by atoms with Gasteiger partial charge in [0, 0.05) is 33.7 Å². The molecule has 2 aromatic carbocycles. The Hall–Kier alpha value is -2.87. The molecule has 0 aliphatic heterocycles. The fraction of sp³-hybridized carbons (Fsp3) is 0.333. The molecule has 0 radical (unpaired) electrons. The minimum atomic E-state index is -1.08. The number of fused-ring (bicyclic) bond motifs is 1. The molecule has 32 heavy (non-hydrogen) atoms. The maximum absolute atomic E-state index is 13.3. The number of thioether (sulfide) groups is 1. The highest BCUT2D eigenvalue weighted by Gasteiger charge is 2.24. The van der Waals surface area contributed by atoms with Gasteiger partial charge in [-0.2, -0.15) is 11.8 Å². The summed E-state index contributed by atoms with van der Waals surface area (Å²) in [5, 5.41) is 3.78. The van der Waals surface area contributed by atoms with Gasteiger partial charge in [-0.3, -0.25) is 4.79 Å². The monoisotopic (exact) mass is 459 g/mol. The molecule has 168 valence electrons. The first-order valence-electron chi connectivity index (χ1n) is 10.6. The third kappa shape index (κ3) is 5.30. The van der Waals surface area contributed by atoms with Crippen LogP contribution >= 0.6 is 11.8 Å². The Bertz CT molecular complexity index is 1120. The van der Waals surface area contributed by atoms with E-state index in [1.807, 2.05) is 30.0 Å². The average Bonchev–Trinajstić information content (AvgIpc) is 3.18. The molecule has 0 bridgehead atoms. The standard InChI is InChI=1S/C24H23F2NO4S/c25-19-11-10-15(12-20(19)26)27-22(28)13-30-24(29)23-18(14-32-16-6-2-1-3-7-16)17-8-4-5-9-21(17)31-23/h4-5,8-12,16H,1-3,6-7,13-14H2,(H,27,28). The molecule has 1 aliphatic carbocycles. The lowest BCUT2D eigenvalue weighted by Crippen LogP contribution is -2.21. The van der Waals surface area contributed by atoms with Gasteiger partial charge in [0.25, 0.3) is 5.91 Å². The zero-order valence-corrected chi connectivity index (χ0v) is 18.2. The van der Waals surface area contributed by atoms with E-state index in [0.717, 1.165) is 23.1 Å². The van der Waals surface area contributed by atoms with Crippen LogP contribution in [0.2, 0.25) is 0 Å². The molecule has 1 saturated carbocycles. The SMILES string of the molecule is O=C(COC(=O)c1oc2ccccc2c1CSC1CCCCC1)Nc1ccc(F)c(F)c1. The number of rotatable bonds is 7. The molecule has 1 aliphatic rings. The van der Waals surface area contributed by atoms with E-state index in [0.29, 0.717) is 16.6 Å². The van der Waals surface area contributed by atoms with E-state index >= 15 is 0 Å². The van der Waals surface area contributed by atoms with Gasteiger partial charge in [-0.25, -0.2) is 13.6 Å². The summed E-state index contributed by atoms with van der Waals surface area (Å²) in [5.41, 5.74) is 1.42. The van der Waals surface area contributed by atoms with Crippen LogP contribution in [0.3, 0.4) is 0 Å². The van der Waals surface area contributed by atoms with Crippen molar-refractivity contribution in [3.05, 3.63) is 65.4 Å². The van der Waals surface area contributed by atoms with Crippen molar-refractivity contribution in [3.63, 3.8) is 0 Å². The van der Waals surface area contributed by atoms with Crippen LogP contribution < -0.4 is 5.32 Å². The third-order valence-corrected chi connectivity index (χ3v) is 6.84. The molecule has 3 aromatic rings. The van der Waals surface area contributed by atoms with Crippen LogP contribution in [-0.4, -0.2) is 23.7 Å². The van der Waals surface area contributed by atoms with E-state index in [2.05, 4.69) is 5.32 Å². The Labute approximate surface area is 188 Å². The maximum Gasteiger partial charge on any atom is 0.375 e. The number of ether oxygens (including phenoxy) is 1. The molecule has 0 saturated heterocycles. The summed E-state index contributed by atoms with van der Waals surface area (Å²) >= 11 is 1.82. The number of amides is 1. The number of carbonyl (C=O) groups excluding carboxylic acids is 2. The molecule has 0 atom stereocenters. The van der Waals surface area contributed by atoms with E-state index in [-0.39, 0.29) is 11.4 Å². The largest absolute Gasteiger partial charge is 0.450 e. The Morgan fingerprint density at radius 1 is 1.06 bits per heavy atom. The van der Waals surface area contributed by atoms with Crippen molar-refractivity contribution < 1.29 is 27.5 Å². The molecule has 1 N–H and O–H groups in total. The Balaban J connectivity index is 1.42. The van der Waals surface area contributed by atoms with E-state index in [1.165, 1.54) is 38.2 Å². The zero-order chi connectivity index (χ0) is 22.5. The summed E-state index contributed by atoms with van der Waals surface area (Å²) in [6, 6.07) is 10.4. The first-order valence-corrected chi connectivity index (χ1v) is 11.6. The van der Waals surface area contributed by atoms with Crippen LogP contribution in [0.15, 0.2) is 46.9 Å². The number of para-hydroxylation sites is 1. The highest BCUT2D eigenvalue weighted by atomic mass is 32.2. The quantitative estimate of drug-likeness (QED) is 0.434. The third-order valence-electron chi connectivity index (χ3n) is 5.44. The fourth-order valence-electron chi connectivity index (χ4n) is 3.81. The first-order chi connectivity index (χ1) is 15.5. The highest BCUT2D eigenvalue weighted by Crippen LogP contribution is 2.35. The molecule has 5 nitrogen and oxygen atoms in total. The molecule has 1 fully saturated rings. The number of benzene rings is 2. The molecular formula is C24H23F2NO4S. The summed E-state index contributed by atoms with van der Waals surface area (Å²) in [6.07, 6.45) is 6.07. The van der Waals surface area contributed by atoms with E-state index in [1.54, 1.807) is 6.07 Å². The number of carbonyl (C=O) groups is 2. The first kappa shape index (κ1) is 22.3. The normalized spacial score (nSPS) is 14.4. The van der Waals surface area contributed by atoms with Crippen molar-refractivity contribution in [1.29, 1.82) is 0 Å². The van der Waals surface area contributed by atoms with Crippen molar-refractivity contribution in [2.24, 2.45) is 0 Å². The molecular weight excluding hydrogens is 436 g/mol. The van der Waals surface area contributed by atoms with Gasteiger partial charge >= 0.3 is 5.97 Å². The molecule has 8 heteroatoms. The lowest BCUT2D eigenvalue weighted by Gasteiger charge is -2.20. The predicted molar refractivity (Wildman–Crippen MR) is 120 cm³/mol. The number of furan rings is 1. The topological polar surface area (TPSA) is 68.5 Å². The van der Waals surface area contributed by atoms with Gasteiger partial charge in [0.1, 0.15) is 5.58 Å². The molecule has 1 aromatic heterocycles. The number of hydrogen-bond donors (Lipinski definition) is 1. The summed E-state index contributed by atoms with van der Waals surface area (Å²) in [4.78, 5) is 24.8. The van der Waals surface area contributed by atoms with Crippen LogP contribution in [0.4, 0.5) is 14.5 Å².